The molecule has 7 rings (SSSR count). The van der Waals surface area contributed by atoms with E-state index in [-0.39, 0.29) is 20.1 Å². The van der Waals surface area contributed by atoms with Gasteiger partial charge in [0, 0.05) is 43.8 Å². The zero-order chi connectivity index (χ0) is 24.2. The number of benzene rings is 4. The molecule has 5 heteroatoms. The van der Waals surface area contributed by atoms with Crippen molar-refractivity contribution in [1.29, 1.82) is 0 Å². The number of rotatable bonds is 3. The molecule has 0 unspecified atom stereocenters. The fraction of sp³-hybridized carbons (Fsp3) is 0. The molecule has 0 aliphatic carbocycles. The van der Waals surface area contributed by atoms with Crippen LogP contribution in [0.15, 0.2) is 132 Å². The fourth-order valence-corrected chi connectivity index (χ4v) is 4.10. The van der Waals surface area contributed by atoms with Gasteiger partial charge in [0.25, 0.3) is 12.4 Å². The summed E-state index contributed by atoms with van der Waals surface area (Å²) in [7, 11) is 0. The van der Waals surface area contributed by atoms with E-state index in [1.54, 1.807) is 6.20 Å². The van der Waals surface area contributed by atoms with Crippen molar-refractivity contribution in [3.63, 3.8) is 0 Å². The van der Waals surface area contributed by atoms with Gasteiger partial charge in [-0.3, -0.25) is 0 Å². The maximum absolute atomic E-state index is 6.07. The maximum Gasteiger partial charge on any atom is 0.500 e. The molecule has 6 aromatic rings. The van der Waals surface area contributed by atoms with E-state index in [2.05, 4.69) is 29.2 Å². The molecule has 0 spiro atoms. The molecule has 1 radical (unpaired) electrons. The topological polar surface area (TPSA) is 32.0 Å². The van der Waals surface area contributed by atoms with Crippen LogP contribution < -0.4 is 0 Å². The van der Waals surface area contributed by atoms with E-state index in [9.17, 15) is 0 Å². The van der Waals surface area contributed by atoms with Crippen LogP contribution in [0.25, 0.3) is 33.2 Å². The molecule has 0 N–H and O–H groups in total. The number of aromatic nitrogens is 1. The molecule has 0 saturated heterocycles. The normalized spacial score (nSPS) is 11.9. The molecule has 0 amide bonds. The molecule has 4 nitrogen and oxygen atoms in total. The van der Waals surface area contributed by atoms with Crippen LogP contribution in [0.3, 0.4) is 0 Å². The van der Waals surface area contributed by atoms with Crippen LogP contribution in [0.5, 0.6) is 0 Å². The van der Waals surface area contributed by atoms with Gasteiger partial charge in [0.2, 0.25) is 5.69 Å². The van der Waals surface area contributed by atoms with E-state index in [4.69, 9.17) is 4.42 Å². The summed E-state index contributed by atoms with van der Waals surface area (Å²) in [5.74, 6) is 0. The smallest absolute Gasteiger partial charge is 0.500 e. The van der Waals surface area contributed by atoms with E-state index in [0.29, 0.717) is 0 Å². The number of nitrogens with zero attached hydrogens (tertiary/aromatic N) is 3. The van der Waals surface area contributed by atoms with Crippen LogP contribution in [0.1, 0.15) is 0 Å². The molecular weight excluding hydrogens is 635 g/mol. The predicted molar refractivity (Wildman–Crippen MR) is 141 cm³/mol. The third-order valence-corrected chi connectivity index (χ3v) is 5.82. The second-order valence-electron chi connectivity index (χ2n) is 8.13. The SMILES string of the molecule is C1=[N+](c2ccccc2)C=C[N+]=1c1[c-]ccc2c1oc1ccccc12.[Ir].[c-]1ccccc1-c1ccccn1. The molecule has 1 aliphatic heterocycles. The van der Waals surface area contributed by atoms with Gasteiger partial charge >= 0.3 is 6.01 Å². The number of fused-ring (bicyclic) bond motifs is 3. The summed E-state index contributed by atoms with van der Waals surface area (Å²) >= 11 is 0. The standard InChI is InChI=1S/C21H13N2O.C11H8N.Ir/c1-2-7-16(8-3-1)22-13-14-23(15-22)19-11-6-10-18-17-9-4-5-12-20(17)24-21(18)19;1-2-6-10(7-3-1)11-8-4-5-9-12-11;/h1-10,12-14H;1-6,8-9H;/q+1;-1;. The summed E-state index contributed by atoms with van der Waals surface area (Å²) in [6, 6.07) is 45.6. The average Bonchev–Trinajstić information content (AvgIpc) is 3.60. The van der Waals surface area contributed by atoms with Crippen molar-refractivity contribution in [3.8, 4) is 11.3 Å². The molecule has 2 aromatic heterocycles. The Morgan fingerprint density at radius 1 is 0.676 bits per heavy atom. The number of hydrogen-bond acceptors (Lipinski definition) is 2. The van der Waals surface area contributed by atoms with E-state index in [1.807, 2.05) is 125 Å². The zero-order valence-corrected chi connectivity index (χ0v) is 22.1. The summed E-state index contributed by atoms with van der Waals surface area (Å²) in [6.45, 7) is 0. The molecule has 4 aromatic carbocycles. The second-order valence-corrected chi connectivity index (χ2v) is 8.13. The van der Waals surface area contributed by atoms with Gasteiger partial charge in [-0.25, -0.2) is 0 Å². The zero-order valence-electron chi connectivity index (χ0n) is 19.7. The third-order valence-electron chi connectivity index (χ3n) is 5.82. The minimum absolute atomic E-state index is 0. The van der Waals surface area contributed by atoms with Gasteiger partial charge in [-0.15, -0.1) is 42.0 Å². The molecular formula is C32H21IrN3O. The van der Waals surface area contributed by atoms with Gasteiger partial charge in [0.1, 0.15) is 5.58 Å². The van der Waals surface area contributed by atoms with Crippen LogP contribution in [0.2, 0.25) is 0 Å². The summed E-state index contributed by atoms with van der Waals surface area (Å²) in [5.41, 5.74) is 5.64. The van der Waals surface area contributed by atoms with Gasteiger partial charge in [0.15, 0.2) is 5.69 Å². The fourth-order valence-electron chi connectivity index (χ4n) is 4.10. The molecule has 3 heterocycles. The summed E-state index contributed by atoms with van der Waals surface area (Å²) in [5, 5.41) is 2.21. The molecule has 0 saturated carbocycles. The first-order valence-electron chi connectivity index (χ1n) is 11.6. The van der Waals surface area contributed by atoms with E-state index >= 15 is 0 Å². The first-order valence-corrected chi connectivity index (χ1v) is 11.6. The first kappa shape index (κ1) is 24.3. The summed E-state index contributed by atoms with van der Waals surface area (Å²) < 4.78 is 9.94. The van der Waals surface area contributed by atoms with Gasteiger partial charge in [0.05, 0.1) is 5.58 Å². The van der Waals surface area contributed by atoms with E-state index < -0.39 is 0 Å². The van der Waals surface area contributed by atoms with Crippen molar-refractivity contribution in [3.05, 3.63) is 140 Å². The Morgan fingerprint density at radius 3 is 2.27 bits per heavy atom. The van der Waals surface area contributed by atoms with Crippen molar-refractivity contribution < 1.29 is 33.7 Å². The molecule has 179 valence electrons. The van der Waals surface area contributed by atoms with Gasteiger partial charge in [-0.05, 0) is 17.8 Å². The Bertz CT molecular complexity index is 1710. The van der Waals surface area contributed by atoms with Crippen LogP contribution in [-0.4, -0.2) is 20.1 Å². The molecule has 37 heavy (non-hydrogen) atoms. The van der Waals surface area contributed by atoms with Gasteiger partial charge in [-0.1, -0.05) is 63.1 Å². The van der Waals surface area contributed by atoms with Crippen molar-refractivity contribution >= 4 is 39.3 Å². The minimum atomic E-state index is 0. The van der Waals surface area contributed by atoms with Crippen molar-refractivity contribution in [2.45, 2.75) is 0 Å². The van der Waals surface area contributed by atoms with Gasteiger partial charge in [-0.2, -0.15) is 12.1 Å². The van der Waals surface area contributed by atoms with Crippen LogP contribution >= 0.6 is 0 Å². The van der Waals surface area contributed by atoms with Crippen molar-refractivity contribution in [2.24, 2.45) is 0 Å². The minimum Gasteiger partial charge on any atom is -0.509 e. The van der Waals surface area contributed by atoms with Crippen LogP contribution in [0, 0.1) is 12.1 Å². The predicted octanol–water partition coefficient (Wildman–Crippen LogP) is 7.58. The van der Waals surface area contributed by atoms with E-state index in [1.165, 1.54) is 0 Å². The number of furan rings is 1. The van der Waals surface area contributed by atoms with Gasteiger partial charge < -0.3 is 9.40 Å². The Morgan fingerprint density at radius 2 is 1.46 bits per heavy atom. The third kappa shape index (κ3) is 5.11. The quantitative estimate of drug-likeness (QED) is 0.146. The van der Waals surface area contributed by atoms with Crippen molar-refractivity contribution in [2.75, 3.05) is 0 Å². The average molecular weight is 656 g/mol. The van der Waals surface area contributed by atoms with Crippen molar-refractivity contribution in [1.82, 2.24) is 4.98 Å². The Hall–Kier alpha value is -4.40. The Kier molecular flexibility index (Phi) is 7.30. The van der Waals surface area contributed by atoms with Crippen LogP contribution in [0.4, 0.5) is 11.4 Å². The Labute approximate surface area is 228 Å². The van der Waals surface area contributed by atoms with E-state index in [0.717, 1.165) is 44.6 Å². The molecule has 0 atom stereocenters. The summed E-state index contributed by atoms with van der Waals surface area (Å²) in [4.78, 5) is 4.22. The maximum atomic E-state index is 6.07. The largest absolute Gasteiger partial charge is 0.509 e. The molecule has 1 aliphatic rings. The second kappa shape index (κ2) is 11.1. The molecule has 0 fully saturated rings. The van der Waals surface area contributed by atoms with Crippen LogP contribution in [-0.2, 0) is 20.1 Å². The number of para-hydroxylation sites is 2. The molecule has 0 bridgehead atoms. The monoisotopic (exact) mass is 656 g/mol. The number of hydrogen-bond donors (Lipinski definition) is 0. The number of pyridine rings is 1. The summed E-state index contributed by atoms with van der Waals surface area (Å²) in [6.07, 6.45) is 5.73. The first-order chi connectivity index (χ1) is 17.9. The Balaban J connectivity index is 0.000000183.